The molecule has 1 nitrogen and oxygen atoms in total. The van der Waals surface area contributed by atoms with Crippen LogP contribution in [0.1, 0.15) is 0 Å². The molecule has 0 aliphatic rings. The summed E-state index contributed by atoms with van der Waals surface area (Å²) in [5.41, 5.74) is 1.83. The quantitative estimate of drug-likeness (QED) is 0.539. The van der Waals surface area contributed by atoms with Gasteiger partial charge in [-0.25, -0.2) is 0 Å². The van der Waals surface area contributed by atoms with Crippen LogP contribution in [0.2, 0.25) is 10.0 Å². The molecule has 0 spiro atoms. The minimum absolute atomic E-state index is 0.603. The van der Waals surface area contributed by atoms with Gasteiger partial charge >= 0.3 is 0 Å². The van der Waals surface area contributed by atoms with Gasteiger partial charge in [-0.15, -0.1) is 0 Å². The van der Waals surface area contributed by atoms with Gasteiger partial charge in [0.1, 0.15) is 11.5 Å². The average Bonchev–Trinajstić information content (AvgIpc) is 2.49. The van der Waals surface area contributed by atoms with Gasteiger partial charge in [0, 0.05) is 16.1 Å². The van der Waals surface area contributed by atoms with Crippen molar-refractivity contribution in [2.45, 2.75) is 0 Å². The first-order chi connectivity index (χ1) is 10.2. The van der Waals surface area contributed by atoms with E-state index in [0.717, 1.165) is 22.6 Å². The topological polar surface area (TPSA) is 9.23 Å². The predicted molar refractivity (Wildman–Crippen MR) is 88.4 cm³/mol. The lowest BCUT2D eigenvalue weighted by molar-refractivity contribution is 0.484. The molecule has 3 aromatic carbocycles. The third-order valence-corrected chi connectivity index (χ3v) is 3.63. The summed E-state index contributed by atoms with van der Waals surface area (Å²) < 4.78 is 5.96. The normalized spacial score (nSPS) is 10.4. The van der Waals surface area contributed by atoms with Crippen LogP contribution in [0.25, 0.3) is 11.1 Å². The number of ether oxygens (including phenoxy) is 1. The Kier molecular flexibility index (Phi) is 4.14. The Balaban J connectivity index is 2.03. The number of hydrogen-bond donors (Lipinski definition) is 0. The van der Waals surface area contributed by atoms with Crippen LogP contribution in [-0.2, 0) is 0 Å². The number of hydrogen-bond acceptors (Lipinski definition) is 1. The fraction of sp³-hybridized carbons (Fsp3) is 0. The Morgan fingerprint density at radius 2 is 1.38 bits per heavy atom. The van der Waals surface area contributed by atoms with E-state index < -0.39 is 0 Å². The highest BCUT2D eigenvalue weighted by Crippen LogP contribution is 2.37. The summed E-state index contributed by atoms with van der Waals surface area (Å²) in [4.78, 5) is 0. The van der Waals surface area contributed by atoms with E-state index in [1.54, 1.807) is 6.07 Å². The number of benzene rings is 3. The molecule has 0 unspecified atom stereocenters. The van der Waals surface area contributed by atoms with Crippen LogP contribution >= 0.6 is 23.2 Å². The Labute approximate surface area is 133 Å². The summed E-state index contributed by atoms with van der Waals surface area (Å²) in [6.07, 6.45) is 0. The Morgan fingerprint density at radius 3 is 2.14 bits per heavy atom. The molecular formula is C18H12Cl2O. The molecule has 0 radical (unpaired) electrons. The minimum atomic E-state index is 0.603. The molecule has 21 heavy (non-hydrogen) atoms. The van der Waals surface area contributed by atoms with E-state index >= 15 is 0 Å². The SMILES string of the molecule is Clc1ccc(-c2ccccc2Oc2ccccc2)c(Cl)c1. The maximum absolute atomic E-state index is 6.30. The first-order valence-electron chi connectivity index (χ1n) is 6.51. The number of rotatable bonds is 3. The van der Waals surface area contributed by atoms with Crippen LogP contribution in [0.15, 0.2) is 72.8 Å². The monoisotopic (exact) mass is 314 g/mol. The molecule has 3 rings (SSSR count). The molecule has 3 aromatic rings. The summed E-state index contributed by atoms with van der Waals surface area (Å²) in [5.74, 6) is 1.54. The van der Waals surface area contributed by atoms with Crippen LogP contribution in [0, 0.1) is 0 Å². The summed E-state index contributed by atoms with van der Waals surface area (Å²) in [6, 6.07) is 22.9. The van der Waals surface area contributed by atoms with E-state index in [-0.39, 0.29) is 0 Å². The zero-order chi connectivity index (χ0) is 14.7. The molecule has 0 bridgehead atoms. The molecule has 104 valence electrons. The summed E-state index contributed by atoms with van der Waals surface area (Å²) in [7, 11) is 0. The van der Waals surface area contributed by atoms with Crippen LogP contribution in [0.4, 0.5) is 0 Å². The first-order valence-corrected chi connectivity index (χ1v) is 7.27. The van der Waals surface area contributed by atoms with E-state index in [2.05, 4.69) is 0 Å². The molecule has 3 heteroatoms. The maximum Gasteiger partial charge on any atom is 0.135 e. The molecule has 0 saturated carbocycles. The third kappa shape index (κ3) is 3.21. The number of halogens is 2. The standard InChI is InChI=1S/C18H12Cl2O/c19-13-10-11-15(17(20)12-13)16-8-4-5-9-18(16)21-14-6-2-1-3-7-14/h1-12H. The van der Waals surface area contributed by atoms with Gasteiger partial charge < -0.3 is 4.74 Å². The van der Waals surface area contributed by atoms with Crippen LogP contribution in [0.5, 0.6) is 11.5 Å². The van der Waals surface area contributed by atoms with Crippen LogP contribution in [0.3, 0.4) is 0 Å². The van der Waals surface area contributed by atoms with Gasteiger partial charge in [-0.2, -0.15) is 0 Å². The highest BCUT2D eigenvalue weighted by Gasteiger charge is 2.10. The van der Waals surface area contributed by atoms with Gasteiger partial charge in [-0.1, -0.05) is 65.7 Å². The van der Waals surface area contributed by atoms with Crippen molar-refractivity contribution in [2.75, 3.05) is 0 Å². The zero-order valence-corrected chi connectivity index (χ0v) is 12.6. The third-order valence-electron chi connectivity index (χ3n) is 3.08. The minimum Gasteiger partial charge on any atom is -0.457 e. The predicted octanol–water partition coefficient (Wildman–Crippen LogP) is 6.45. The highest BCUT2D eigenvalue weighted by molar-refractivity contribution is 6.36. The Hall–Kier alpha value is -1.96. The average molecular weight is 315 g/mol. The first kappa shape index (κ1) is 14.0. The molecule has 0 fully saturated rings. The smallest absolute Gasteiger partial charge is 0.135 e. The van der Waals surface area contributed by atoms with Gasteiger partial charge in [0.2, 0.25) is 0 Å². The lowest BCUT2D eigenvalue weighted by atomic mass is 10.0. The van der Waals surface area contributed by atoms with Crippen molar-refractivity contribution < 1.29 is 4.74 Å². The van der Waals surface area contributed by atoms with Gasteiger partial charge in [0.25, 0.3) is 0 Å². The Morgan fingerprint density at radius 1 is 0.667 bits per heavy atom. The van der Waals surface area contributed by atoms with Crippen molar-refractivity contribution >= 4 is 23.2 Å². The molecule has 0 atom stereocenters. The van der Waals surface area contributed by atoms with Gasteiger partial charge in [-0.05, 0) is 30.3 Å². The number of para-hydroxylation sites is 2. The second-order valence-electron chi connectivity index (χ2n) is 4.54. The van der Waals surface area contributed by atoms with E-state index in [1.165, 1.54) is 0 Å². The lowest BCUT2D eigenvalue weighted by Crippen LogP contribution is -1.88. The zero-order valence-electron chi connectivity index (χ0n) is 11.1. The van der Waals surface area contributed by atoms with Crippen molar-refractivity contribution in [3.8, 4) is 22.6 Å². The molecule has 0 aliphatic heterocycles. The maximum atomic E-state index is 6.30. The summed E-state index contributed by atoms with van der Waals surface area (Å²) in [5, 5.41) is 1.22. The second-order valence-corrected chi connectivity index (χ2v) is 5.38. The Bertz CT molecular complexity index is 754. The van der Waals surface area contributed by atoms with Crippen molar-refractivity contribution in [1.82, 2.24) is 0 Å². The molecule has 0 amide bonds. The van der Waals surface area contributed by atoms with Gasteiger partial charge in [0.15, 0.2) is 0 Å². The fourth-order valence-electron chi connectivity index (χ4n) is 2.10. The molecule has 0 heterocycles. The lowest BCUT2D eigenvalue weighted by Gasteiger charge is -2.12. The van der Waals surface area contributed by atoms with E-state index in [9.17, 15) is 0 Å². The van der Waals surface area contributed by atoms with Crippen LogP contribution in [-0.4, -0.2) is 0 Å². The van der Waals surface area contributed by atoms with Crippen molar-refractivity contribution in [2.24, 2.45) is 0 Å². The molecule has 0 N–H and O–H groups in total. The van der Waals surface area contributed by atoms with E-state index in [0.29, 0.717) is 10.0 Å². The summed E-state index contributed by atoms with van der Waals surface area (Å²) >= 11 is 12.3. The largest absolute Gasteiger partial charge is 0.457 e. The molecule has 0 aliphatic carbocycles. The van der Waals surface area contributed by atoms with E-state index in [1.807, 2.05) is 66.7 Å². The van der Waals surface area contributed by atoms with Crippen molar-refractivity contribution in [3.63, 3.8) is 0 Å². The van der Waals surface area contributed by atoms with Crippen molar-refractivity contribution in [1.29, 1.82) is 0 Å². The van der Waals surface area contributed by atoms with Crippen LogP contribution < -0.4 is 4.74 Å². The summed E-state index contributed by atoms with van der Waals surface area (Å²) in [6.45, 7) is 0. The van der Waals surface area contributed by atoms with E-state index in [4.69, 9.17) is 27.9 Å². The van der Waals surface area contributed by atoms with Gasteiger partial charge in [0.05, 0.1) is 5.02 Å². The van der Waals surface area contributed by atoms with Crippen molar-refractivity contribution in [3.05, 3.63) is 82.8 Å². The molecule has 0 saturated heterocycles. The fourth-order valence-corrected chi connectivity index (χ4v) is 2.61. The highest BCUT2D eigenvalue weighted by atomic mass is 35.5. The molecule has 0 aromatic heterocycles. The molecular weight excluding hydrogens is 303 g/mol. The van der Waals surface area contributed by atoms with Gasteiger partial charge in [-0.3, -0.25) is 0 Å². The second kappa shape index (κ2) is 6.21.